The minimum Gasteiger partial charge on any atom is -0.233 e. The molecule has 68 valence electrons. The quantitative estimate of drug-likeness (QED) is 0.666. The Kier molecular flexibility index (Phi) is 2.45. The van der Waals surface area contributed by atoms with Crippen molar-refractivity contribution >= 4 is 0 Å². The van der Waals surface area contributed by atoms with Gasteiger partial charge in [-0.1, -0.05) is 20.8 Å². The van der Waals surface area contributed by atoms with Gasteiger partial charge in [-0.2, -0.15) is 0 Å². The summed E-state index contributed by atoms with van der Waals surface area (Å²) in [5.74, 6) is 0.963. The molecule has 0 saturated heterocycles. The van der Waals surface area contributed by atoms with E-state index in [0.717, 1.165) is 18.7 Å². The van der Waals surface area contributed by atoms with Gasteiger partial charge in [-0.3, -0.25) is 0 Å². The Morgan fingerprint density at radius 1 is 1.33 bits per heavy atom. The van der Waals surface area contributed by atoms with Crippen LogP contribution in [-0.4, -0.2) is 20.2 Å². The predicted molar refractivity (Wildman–Crippen MR) is 46.6 cm³/mol. The van der Waals surface area contributed by atoms with Gasteiger partial charge in [0.25, 0.3) is 0 Å². The Labute approximate surface area is 73.0 Å². The molecule has 0 fully saturated rings. The van der Waals surface area contributed by atoms with Gasteiger partial charge in [0.15, 0.2) is 5.82 Å². The van der Waals surface area contributed by atoms with Crippen LogP contribution in [0.5, 0.6) is 0 Å². The second-order valence-corrected chi connectivity index (χ2v) is 4.28. The summed E-state index contributed by atoms with van der Waals surface area (Å²) in [4.78, 5) is 0. The number of hydrogen-bond acceptors (Lipinski definition) is 3. The lowest BCUT2D eigenvalue weighted by molar-refractivity contribution is 0.371. The van der Waals surface area contributed by atoms with Crippen LogP contribution >= 0.6 is 0 Å². The third kappa shape index (κ3) is 2.60. The van der Waals surface area contributed by atoms with Crippen LogP contribution in [0.2, 0.25) is 0 Å². The number of tetrazole rings is 1. The lowest BCUT2D eigenvalue weighted by Crippen LogP contribution is -2.09. The summed E-state index contributed by atoms with van der Waals surface area (Å²) in [7, 11) is 1.87. The molecule has 4 nitrogen and oxygen atoms in total. The van der Waals surface area contributed by atoms with E-state index in [1.54, 1.807) is 4.68 Å². The van der Waals surface area contributed by atoms with E-state index >= 15 is 0 Å². The summed E-state index contributed by atoms with van der Waals surface area (Å²) in [5.41, 5.74) is 0.353. The van der Waals surface area contributed by atoms with Gasteiger partial charge in [-0.25, -0.2) is 4.68 Å². The van der Waals surface area contributed by atoms with Crippen molar-refractivity contribution in [3.63, 3.8) is 0 Å². The molecule has 1 rings (SSSR count). The number of nitrogens with zero attached hydrogens (tertiary/aromatic N) is 4. The number of rotatable bonds is 2. The molecule has 1 heterocycles. The normalized spacial score (nSPS) is 12.0. The molecule has 0 unspecified atom stereocenters. The van der Waals surface area contributed by atoms with Crippen LogP contribution in [0.25, 0.3) is 0 Å². The predicted octanol–water partition coefficient (Wildman–Crippen LogP) is 1.19. The lowest BCUT2D eigenvalue weighted by Gasteiger charge is -2.16. The minimum atomic E-state index is 0.353. The summed E-state index contributed by atoms with van der Waals surface area (Å²) in [6, 6.07) is 0. The van der Waals surface area contributed by atoms with Crippen molar-refractivity contribution in [2.75, 3.05) is 0 Å². The maximum absolute atomic E-state index is 3.92. The molecular weight excluding hydrogens is 152 g/mol. The average Bonchev–Trinajstić information content (AvgIpc) is 2.29. The maximum Gasteiger partial charge on any atom is 0.150 e. The van der Waals surface area contributed by atoms with Crippen molar-refractivity contribution in [3.8, 4) is 0 Å². The first-order valence-electron chi connectivity index (χ1n) is 4.20. The first-order valence-corrected chi connectivity index (χ1v) is 4.20. The Morgan fingerprint density at radius 3 is 2.42 bits per heavy atom. The number of hydrogen-bond donors (Lipinski definition) is 0. The van der Waals surface area contributed by atoms with Crippen molar-refractivity contribution in [3.05, 3.63) is 5.82 Å². The fourth-order valence-corrected chi connectivity index (χ4v) is 0.947. The van der Waals surface area contributed by atoms with Crippen molar-refractivity contribution in [1.82, 2.24) is 20.2 Å². The Hall–Kier alpha value is -0.930. The van der Waals surface area contributed by atoms with E-state index in [0.29, 0.717) is 5.41 Å². The highest BCUT2D eigenvalue weighted by molar-refractivity contribution is 4.81. The summed E-state index contributed by atoms with van der Waals surface area (Å²) >= 11 is 0. The maximum atomic E-state index is 3.92. The smallest absolute Gasteiger partial charge is 0.150 e. The Bertz CT molecular complexity index is 246. The molecule has 0 aliphatic rings. The molecule has 0 N–H and O–H groups in total. The highest BCUT2D eigenvalue weighted by Gasteiger charge is 2.12. The molecule has 0 radical (unpaired) electrons. The van der Waals surface area contributed by atoms with Crippen LogP contribution in [0, 0.1) is 5.41 Å². The second-order valence-electron chi connectivity index (χ2n) is 4.28. The largest absolute Gasteiger partial charge is 0.233 e. The van der Waals surface area contributed by atoms with Gasteiger partial charge in [-0.05, 0) is 22.3 Å². The minimum absolute atomic E-state index is 0.353. The first kappa shape index (κ1) is 9.16. The standard InChI is InChI=1S/C8H16N4/c1-8(2,3)6-5-7-9-10-11-12(7)4/h5-6H2,1-4H3. The van der Waals surface area contributed by atoms with Crippen molar-refractivity contribution in [2.45, 2.75) is 33.6 Å². The third-order valence-electron chi connectivity index (χ3n) is 1.81. The lowest BCUT2D eigenvalue weighted by atomic mass is 9.90. The van der Waals surface area contributed by atoms with Crippen molar-refractivity contribution in [2.24, 2.45) is 12.5 Å². The molecule has 0 amide bonds. The molecule has 4 heteroatoms. The molecule has 0 aliphatic heterocycles. The van der Waals surface area contributed by atoms with E-state index in [9.17, 15) is 0 Å². The number of aromatic nitrogens is 4. The monoisotopic (exact) mass is 168 g/mol. The zero-order valence-corrected chi connectivity index (χ0v) is 8.20. The average molecular weight is 168 g/mol. The zero-order valence-electron chi connectivity index (χ0n) is 8.20. The van der Waals surface area contributed by atoms with Gasteiger partial charge in [0, 0.05) is 13.5 Å². The van der Waals surface area contributed by atoms with Crippen molar-refractivity contribution < 1.29 is 0 Å². The molecule has 0 atom stereocenters. The van der Waals surface area contributed by atoms with Gasteiger partial charge in [-0.15, -0.1) is 5.10 Å². The van der Waals surface area contributed by atoms with Crippen molar-refractivity contribution in [1.29, 1.82) is 0 Å². The summed E-state index contributed by atoms with van der Waals surface area (Å²) < 4.78 is 1.73. The Balaban J connectivity index is 2.49. The van der Waals surface area contributed by atoms with E-state index in [1.165, 1.54) is 0 Å². The zero-order chi connectivity index (χ0) is 9.19. The first-order chi connectivity index (χ1) is 5.49. The summed E-state index contributed by atoms with van der Waals surface area (Å²) in [5, 5.41) is 11.3. The van der Waals surface area contributed by atoms with Gasteiger partial charge in [0.05, 0.1) is 0 Å². The van der Waals surface area contributed by atoms with Gasteiger partial charge < -0.3 is 0 Å². The molecule has 12 heavy (non-hydrogen) atoms. The molecule has 0 spiro atoms. The molecule has 1 aromatic rings. The van der Waals surface area contributed by atoms with E-state index in [4.69, 9.17) is 0 Å². The Morgan fingerprint density at radius 2 is 2.00 bits per heavy atom. The molecular formula is C8H16N4. The highest BCUT2D eigenvalue weighted by atomic mass is 15.5. The fourth-order valence-electron chi connectivity index (χ4n) is 0.947. The van der Waals surface area contributed by atoms with Crippen LogP contribution in [0.1, 0.15) is 33.0 Å². The van der Waals surface area contributed by atoms with Crippen LogP contribution in [0.4, 0.5) is 0 Å². The topological polar surface area (TPSA) is 43.6 Å². The van der Waals surface area contributed by atoms with E-state index in [1.807, 2.05) is 7.05 Å². The molecule has 0 aliphatic carbocycles. The van der Waals surface area contributed by atoms with Crippen LogP contribution < -0.4 is 0 Å². The van der Waals surface area contributed by atoms with Crippen LogP contribution in [0.3, 0.4) is 0 Å². The SMILES string of the molecule is Cn1nnnc1CCC(C)(C)C. The number of aryl methyl sites for hydroxylation is 2. The van der Waals surface area contributed by atoms with Gasteiger partial charge >= 0.3 is 0 Å². The fraction of sp³-hybridized carbons (Fsp3) is 0.875. The van der Waals surface area contributed by atoms with Crippen LogP contribution in [-0.2, 0) is 13.5 Å². The summed E-state index contributed by atoms with van der Waals surface area (Å²) in [6.07, 6.45) is 2.06. The van der Waals surface area contributed by atoms with Crippen LogP contribution in [0.15, 0.2) is 0 Å². The highest BCUT2D eigenvalue weighted by Crippen LogP contribution is 2.20. The van der Waals surface area contributed by atoms with Gasteiger partial charge in [0.1, 0.15) is 0 Å². The second kappa shape index (κ2) is 3.21. The summed E-state index contributed by atoms with van der Waals surface area (Å²) in [6.45, 7) is 6.66. The van der Waals surface area contributed by atoms with E-state index < -0.39 is 0 Å². The molecule has 1 aromatic heterocycles. The van der Waals surface area contributed by atoms with E-state index in [-0.39, 0.29) is 0 Å². The molecule has 0 aromatic carbocycles. The van der Waals surface area contributed by atoms with E-state index in [2.05, 4.69) is 36.3 Å². The van der Waals surface area contributed by atoms with Gasteiger partial charge in [0.2, 0.25) is 0 Å². The molecule has 0 saturated carbocycles. The molecule has 0 bridgehead atoms. The third-order valence-corrected chi connectivity index (χ3v) is 1.81.